The first-order valence-electron chi connectivity index (χ1n) is 20.1. The highest BCUT2D eigenvalue weighted by atomic mass is 31.2. The largest absolute Gasteiger partial charge is 0.475 e. The van der Waals surface area contributed by atoms with Gasteiger partial charge in [0.2, 0.25) is 23.6 Å². The highest BCUT2D eigenvalue weighted by Crippen LogP contribution is 2.51. The Morgan fingerprint density at radius 2 is 1.05 bits per heavy atom. The highest BCUT2D eigenvalue weighted by Gasteiger charge is 2.50. The molecular weight excluding hydrogens is 775 g/mol. The number of epoxide rings is 1. The van der Waals surface area contributed by atoms with Gasteiger partial charge < -0.3 is 26.0 Å². The van der Waals surface area contributed by atoms with Gasteiger partial charge in [0.05, 0.1) is 32.5 Å². The van der Waals surface area contributed by atoms with Crippen molar-refractivity contribution in [2.24, 2.45) is 11.8 Å². The summed E-state index contributed by atoms with van der Waals surface area (Å²) in [5.41, 5.74) is 1.28. The van der Waals surface area contributed by atoms with Crippen LogP contribution < -0.4 is 21.3 Å². The van der Waals surface area contributed by atoms with Crippen molar-refractivity contribution >= 4 is 37.2 Å². The zero-order chi connectivity index (χ0) is 43.0. The predicted molar refractivity (Wildman–Crippen MR) is 222 cm³/mol. The molecule has 4 amide bonds. The maximum atomic E-state index is 14.3. The van der Waals surface area contributed by atoms with E-state index in [1.165, 1.54) is 6.92 Å². The summed E-state index contributed by atoms with van der Waals surface area (Å²) in [5.74, 6) is -2.95. The van der Waals surface area contributed by atoms with Crippen LogP contribution in [0.4, 0.5) is 0 Å². The minimum Gasteiger partial charge on any atom is -0.361 e. The van der Waals surface area contributed by atoms with E-state index >= 15 is 0 Å². The molecule has 0 radical (unpaired) electrons. The van der Waals surface area contributed by atoms with Crippen LogP contribution in [0.25, 0.3) is 0 Å². The summed E-state index contributed by atoms with van der Waals surface area (Å²) in [6.07, 6.45) is 1.20. The third-order valence-corrected chi connectivity index (χ3v) is 10.9. The van der Waals surface area contributed by atoms with Crippen LogP contribution in [0.3, 0.4) is 0 Å². The molecule has 15 heteroatoms. The first-order valence-corrected chi connectivity index (χ1v) is 21.5. The Morgan fingerprint density at radius 1 is 0.627 bits per heavy atom. The van der Waals surface area contributed by atoms with Crippen molar-refractivity contribution in [2.75, 3.05) is 13.2 Å². The molecule has 5 atom stereocenters. The molecule has 0 unspecified atom stereocenters. The molecule has 1 aliphatic rings. The summed E-state index contributed by atoms with van der Waals surface area (Å²) < 4.78 is 37.1. The molecular formula is C44H59N4O10P. The van der Waals surface area contributed by atoms with Gasteiger partial charge in [0.25, 0.3) is 0 Å². The lowest BCUT2D eigenvalue weighted by molar-refractivity contribution is -0.135. The summed E-state index contributed by atoms with van der Waals surface area (Å²) in [5, 5.41) is 10.9. The lowest BCUT2D eigenvalue weighted by Gasteiger charge is -2.28. The molecule has 3 aromatic rings. The fourth-order valence-electron chi connectivity index (χ4n) is 6.23. The number of Topliss-reactive ketones (excluding diaryl/α,β-unsaturated/α-hetero) is 1. The fraction of sp³-hybridized carbons (Fsp3) is 0.477. The smallest absolute Gasteiger partial charge is 0.361 e. The van der Waals surface area contributed by atoms with Gasteiger partial charge in [-0.15, -0.1) is 0 Å². The average molecular weight is 835 g/mol. The first kappa shape index (κ1) is 47.0. The Kier molecular flexibility index (Phi) is 18.0. The molecule has 1 heterocycles. The first-order chi connectivity index (χ1) is 28.1. The molecule has 320 valence electrons. The normalized spacial score (nSPS) is 17.0. The van der Waals surface area contributed by atoms with E-state index in [0.29, 0.717) is 17.5 Å². The van der Waals surface area contributed by atoms with Gasteiger partial charge in [-0.1, -0.05) is 119 Å². The van der Waals surface area contributed by atoms with Gasteiger partial charge in [-0.2, -0.15) is 0 Å². The molecule has 0 aliphatic carbocycles. The molecule has 59 heavy (non-hydrogen) atoms. The van der Waals surface area contributed by atoms with E-state index in [2.05, 4.69) is 21.3 Å². The summed E-state index contributed by atoms with van der Waals surface area (Å²) >= 11 is 0. The minimum atomic E-state index is -4.44. The number of amides is 4. The van der Waals surface area contributed by atoms with E-state index in [4.69, 9.17) is 18.3 Å². The molecule has 0 saturated carbocycles. The number of benzene rings is 3. The van der Waals surface area contributed by atoms with E-state index in [0.717, 1.165) is 5.56 Å². The number of phosphoric ester groups is 1. The summed E-state index contributed by atoms with van der Waals surface area (Å²) in [4.78, 5) is 67.8. The molecule has 4 rings (SSSR count). The third kappa shape index (κ3) is 16.1. The van der Waals surface area contributed by atoms with Gasteiger partial charge >= 0.3 is 7.82 Å². The van der Waals surface area contributed by atoms with Crippen LogP contribution in [0.2, 0.25) is 0 Å². The van der Waals surface area contributed by atoms with Crippen LogP contribution in [-0.2, 0) is 66.5 Å². The lowest BCUT2D eigenvalue weighted by atomic mass is 9.93. The van der Waals surface area contributed by atoms with Gasteiger partial charge in [-0.3, -0.25) is 37.5 Å². The molecule has 14 nitrogen and oxygen atoms in total. The number of carbonyl (C=O) groups is 5. The average Bonchev–Trinajstić information content (AvgIpc) is 3.97. The van der Waals surface area contributed by atoms with Crippen molar-refractivity contribution < 1.29 is 46.8 Å². The van der Waals surface area contributed by atoms with Gasteiger partial charge in [-0.25, -0.2) is 4.57 Å². The Labute approximate surface area is 347 Å². The van der Waals surface area contributed by atoms with Crippen molar-refractivity contribution in [2.45, 2.75) is 110 Å². The predicted octanol–water partition coefficient (Wildman–Crippen LogP) is 5.59. The standard InChI is InChI=1S/C44H59N4O10P/c1-30(2)24-37(40(50)44(6)29-55-44)46-43(53)39(28-58-59(54,56-26-34-18-12-8-13-19-34)57-27-35-20-14-9-15-21-35)48-42(52)38(25-31(3)4)47-41(51)36(45-32(5)49)23-22-33-16-10-7-11-17-33/h7-21,30-31,36-39H,22-29H2,1-6H3,(H,45,49)(H,46,53)(H,47,51)(H,48,52)/t36-,37-,38-,39-,44+/m0/s1. The highest BCUT2D eigenvalue weighted by molar-refractivity contribution is 7.48. The van der Waals surface area contributed by atoms with Crippen LogP contribution in [0.15, 0.2) is 91.0 Å². The molecule has 0 aromatic heterocycles. The second-order valence-electron chi connectivity index (χ2n) is 15.9. The second kappa shape index (κ2) is 22.6. The van der Waals surface area contributed by atoms with Crippen LogP contribution in [0.5, 0.6) is 0 Å². The maximum Gasteiger partial charge on any atom is 0.475 e. The van der Waals surface area contributed by atoms with Crippen LogP contribution in [0.1, 0.15) is 77.5 Å². The molecule has 1 aliphatic heterocycles. The van der Waals surface area contributed by atoms with E-state index in [1.807, 2.05) is 70.2 Å². The number of ketones is 1. The number of phosphoric acid groups is 1. The molecule has 3 aromatic carbocycles. The van der Waals surface area contributed by atoms with Gasteiger partial charge in [0.15, 0.2) is 5.78 Å². The molecule has 0 bridgehead atoms. The summed E-state index contributed by atoms with van der Waals surface area (Å²) in [6, 6.07) is 22.8. The van der Waals surface area contributed by atoms with Gasteiger partial charge in [0.1, 0.15) is 23.7 Å². The van der Waals surface area contributed by atoms with E-state index in [-0.39, 0.29) is 56.7 Å². The van der Waals surface area contributed by atoms with Crippen LogP contribution in [0, 0.1) is 11.8 Å². The Bertz CT molecular complexity index is 1830. The van der Waals surface area contributed by atoms with E-state index in [1.54, 1.807) is 55.5 Å². The molecule has 1 fully saturated rings. The molecule has 0 spiro atoms. The quantitative estimate of drug-likeness (QED) is 0.0619. The number of ether oxygens (including phenoxy) is 1. The number of aryl methyl sites for hydroxylation is 1. The Hall–Kier alpha value is -4.72. The maximum absolute atomic E-state index is 14.3. The Balaban J connectivity index is 1.59. The van der Waals surface area contributed by atoms with Crippen molar-refractivity contribution in [1.82, 2.24) is 21.3 Å². The number of rotatable bonds is 25. The van der Waals surface area contributed by atoms with Crippen LogP contribution in [-0.4, -0.2) is 72.4 Å². The van der Waals surface area contributed by atoms with E-state index in [9.17, 15) is 28.5 Å². The molecule has 4 N–H and O–H groups in total. The summed E-state index contributed by atoms with van der Waals surface area (Å²) in [6.45, 7) is 9.72. The third-order valence-electron chi connectivity index (χ3n) is 9.53. The second-order valence-corrected chi connectivity index (χ2v) is 17.5. The molecule has 1 saturated heterocycles. The van der Waals surface area contributed by atoms with Crippen LogP contribution >= 0.6 is 7.82 Å². The SMILES string of the molecule is CC(=O)N[C@@H](CCc1ccccc1)C(=O)N[C@@H](CC(C)C)C(=O)N[C@@H](COP(=O)(OCc1ccccc1)OCc1ccccc1)C(=O)N[C@@H](CC(C)C)C(=O)[C@@]1(C)CO1. The summed E-state index contributed by atoms with van der Waals surface area (Å²) in [7, 11) is -4.44. The minimum absolute atomic E-state index is 0.00188. The lowest BCUT2D eigenvalue weighted by Crippen LogP contribution is -2.59. The van der Waals surface area contributed by atoms with Crippen molar-refractivity contribution in [3.8, 4) is 0 Å². The van der Waals surface area contributed by atoms with Crippen molar-refractivity contribution in [3.05, 3.63) is 108 Å². The number of hydrogen-bond donors (Lipinski definition) is 4. The Morgan fingerprint density at radius 3 is 1.53 bits per heavy atom. The van der Waals surface area contributed by atoms with Crippen molar-refractivity contribution in [3.63, 3.8) is 0 Å². The van der Waals surface area contributed by atoms with Crippen molar-refractivity contribution in [1.29, 1.82) is 0 Å². The van der Waals surface area contributed by atoms with E-state index < -0.39 is 67.8 Å². The number of carbonyl (C=O) groups excluding carboxylic acids is 5. The topological polar surface area (TPSA) is 191 Å². The number of nitrogens with one attached hydrogen (secondary N) is 4. The fourth-order valence-corrected chi connectivity index (χ4v) is 7.40. The van der Waals surface area contributed by atoms with Gasteiger partial charge in [0, 0.05) is 6.92 Å². The number of hydrogen-bond acceptors (Lipinski definition) is 10. The zero-order valence-electron chi connectivity index (χ0n) is 34.8. The zero-order valence-corrected chi connectivity index (χ0v) is 35.7. The van der Waals surface area contributed by atoms with Gasteiger partial charge in [-0.05, 0) is 61.1 Å². The monoisotopic (exact) mass is 834 g/mol.